The highest BCUT2D eigenvalue weighted by molar-refractivity contribution is 6.39. The number of nitrogens with zero attached hydrogens (tertiary/aromatic N) is 2. The molecule has 0 saturated carbocycles. The van der Waals surface area contributed by atoms with E-state index in [-0.39, 0.29) is 5.57 Å². The van der Waals surface area contributed by atoms with Gasteiger partial charge < -0.3 is 9.30 Å². The highest BCUT2D eigenvalue weighted by atomic mass is 16.5. The first-order valence-corrected chi connectivity index (χ1v) is 7.77. The molecule has 1 aliphatic rings. The number of benzene rings is 1. The van der Waals surface area contributed by atoms with Gasteiger partial charge in [-0.15, -0.1) is 0 Å². The van der Waals surface area contributed by atoms with Crippen LogP contribution < -0.4 is 15.0 Å². The Morgan fingerprint density at radius 1 is 1.12 bits per heavy atom. The Balaban J connectivity index is 1.95. The van der Waals surface area contributed by atoms with Crippen LogP contribution >= 0.6 is 0 Å². The standard InChI is InChI=1S/C18H17N3O4/c1-3-25-14-8-6-12(7-9-14)21-17(23)15(16(22)19-18(21)24)11-13-5-4-10-20(13)2/h4-11H,3H2,1-2H3,(H,19,22,24)/b15-11+. The molecule has 0 radical (unpaired) electrons. The molecule has 0 bridgehead atoms. The van der Waals surface area contributed by atoms with Crippen LogP contribution in [0.25, 0.3) is 6.08 Å². The van der Waals surface area contributed by atoms with E-state index in [1.54, 1.807) is 54.2 Å². The van der Waals surface area contributed by atoms with E-state index >= 15 is 0 Å². The minimum atomic E-state index is -0.775. The third-order valence-corrected chi connectivity index (χ3v) is 3.78. The summed E-state index contributed by atoms with van der Waals surface area (Å²) in [5.74, 6) is -0.746. The molecule has 128 valence electrons. The number of rotatable bonds is 4. The Hall–Kier alpha value is -3.35. The molecule has 0 unspecified atom stereocenters. The van der Waals surface area contributed by atoms with Crippen molar-refractivity contribution in [3.05, 3.63) is 53.9 Å². The van der Waals surface area contributed by atoms with E-state index in [1.807, 2.05) is 6.92 Å². The Morgan fingerprint density at radius 2 is 1.84 bits per heavy atom. The fraction of sp³-hybridized carbons (Fsp3) is 0.167. The molecule has 2 heterocycles. The van der Waals surface area contributed by atoms with E-state index in [0.717, 1.165) is 4.90 Å². The molecule has 0 aliphatic carbocycles. The van der Waals surface area contributed by atoms with Gasteiger partial charge in [0.2, 0.25) is 0 Å². The van der Waals surface area contributed by atoms with Crippen LogP contribution in [0.2, 0.25) is 0 Å². The molecule has 1 saturated heterocycles. The number of carbonyl (C=O) groups excluding carboxylic acids is 3. The lowest BCUT2D eigenvalue weighted by Crippen LogP contribution is -2.54. The quantitative estimate of drug-likeness (QED) is 0.683. The maximum atomic E-state index is 12.7. The van der Waals surface area contributed by atoms with E-state index in [2.05, 4.69) is 5.32 Å². The summed E-state index contributed by atoms with van der Waals surface area (Å²) in [5.41, 5.74) is 0.936. The van der Waals surface area contributed by atoms with Gasteiger partial charge in [-0.05, 0) is 49.4 Å². The summed E-state index contributed by atoms with van der Waals surface area (Å²) in [6.07, 6.45) is 3.26. The molecular weight excluding hydrogens is 322 g/mol. The molecule has 0 spiro atoms. The van der Waals surface area contributed by atoms with Crippen LogP contribution in [0.4, 0.5) is 10.5 Å². The fourth-order valence-electron chi connectivity index (χ4n) is 2.52. The lowest BCUT2D eigenvalue weighted by atomic mass is 10.1. The smallest absolute Gasteiger partial charge is 0.335 e. The summed E-state index contributed by atoms with van der Waals surface area (Å²) in [4.78, 5) is 37.9. The van der Waals surface area contributed by atoms with Crippen molar-refractivity contribution in [1.29, 1.82) is 0 Å². The second kappa shape index (κ2) is 6.64. The van der Waals surface area contributed by atoms with Gasteiger partial charge in [0.05, 0.1) is 12.3 Å². The van der Waals surface area contributed by atoms with E-state index in [4.69, 9.17) is 4.74 Å². The van der Waals surface area contributed by atoms with E-state index in [9.17, 15) is 14.4 Å². The molecule has 7 heteroatoms. The van der Waals surface area contributed by atoms with Crippen LogP contribution in [0.1, 0.15) is 12.6 Å². The number of urea groups is 1. The average molecular weight is 339 g/mol. The molecule has 0 atom stereocenters. The molecule has 2 aromatic rings. The number of barbiturate groups is 1. The molecule has 1 fully saturated rings. The maximum absolute atomic E-state index is 12.7. The molecule has 4 amide bonds. The largest absolute Gasteiger partial charge is 0.494 e. The van der Waals surface area contributed by atoms with Crippen LogP contribution in [-0.4, -0.2) is 29.0 Å². The second-order valence-electron chi connectivity index (χ2n) is 5.43. The molecule has 7 nitrogen and oxygen atoms in total. The SMILES string of the molecule is CCOc1ccc(N2C(=O)NC(=O)/C(=C\c3cccn3C)C2=O)cc1. The van der Waals surface area contributed by atoms with Gasteiger partial charge in [-0.25, -0.2) is 9.69 Å². The van der Waals surface area contributed by atoms with Crippen molar-refractivity contribution in [2.45, 2.75) is 6.92 Å². The van der Waals surface area contributed by atoms with Gasteiger partial charge in [0.1, 0.15) is 11.3 Å². The van der Waals surface area contributed by atoms with E-state index in [0.29, 0.717) is 23.7 Å². The van der Waals surface area contributed by atoms with E-state index < -0.39 is 17.8 Å². The van der Waals surface area contributed by atoms with Gasteiger partial charge >= 0.3 is 6.03 Å². The zero-order chi connectivity index (χ0) is 18.0. The van der Waals surface area contributed by atoms with Crippen LogP contribution in [0.15, 0.2) is 48.2 Å². The lowest BCUT2D eigenvalue weighted by Gasteiger charge is -2.26. The lowest BCUT2D eigenvalue weighted by molar-refractivity contribution is -0.122. The molecule has 3 rings (SSSR count). The predicted molar refractivity (Wildman–Crippen MR) is 92.0 cm³/mol. The molecule has 1 aromatic heterocycles. The zero-order valence-corrected chi connectivity index (χ0v) is 13.9. The predicted octanol–water partition coefficient (Wildman–Crippen LogP) is 2.09. The Bertz CT molecular complexity index is 865. The van der Waals surface area contributed by atoms with Crippen molar-refractivity contribution in [3.63, 3.8) is 0 Å². The van der Waals surface area contributed by atoms with Gasteiger partial charge in [-0.3, -0.25) is 14.9 Å². The topological polar surface area (TPSA) is 80.6 Å². The van der Waals surface area contributed by atoms with Crippen molar-refractivity contribution in [2.24, 2.45) is 7.05 Å². The van der Waals surface area contributed by atoms with Gasteiger partial charge in [0, 0.05) is 18.9 Å². The number of nitrogens with one attached hydrogen (secondary N) is 1. The van der Waals surface area contributed by atoms with Gasteiger partial charge in [0.25, 0.3) is 11.8 Å². The maximum Gasteiger partial charge on any atom is 0.335 e. The molecule has 1 N–H and O–H groups in total. The number of carbonyl (C=O) groups is 3. The number of hydrogen-bond donors (Lipinski definition) is 1. The van der Waals surface area contributed by atoms with Crippen molar-refractivity contribution in [3.8, 4) is 5.75 Å². The summed E-state index contributed by atoms with van der Waals surface area (Å²) < 4.78 is 7.12. The Morgan fingerprint density at radius 3 is 2.44 bits per heavy atom. The van der Waals surface area contributed by atoms with E-state index in [1.165, 1.54) is 6.08 Å². The normalized spacial score (nSPS) is 16.3. The van der Waals surface area contributed by atoms with Crippen molar-refractivity contribution >= 4 is 29.6 Å². The summed E-state index contributed by atoms with van der Waals surface area (Å²) >= 11 is 0. The minimum Gasteiger partial charge on any atom is -0.494 e. The van der Waals surface area contributed by atoms with Crippen molar-refractivity contribution < 1.29 is 19.1 Å². The molecular formula is C18H17N3O4. The first kappa shape index (κ1) is 16.5. The fourth-order valence-corrected chi connectivity index (χ4v) is 2.52. The first-order chi connectivity index (χ1) is 12.0. The number of anilines is 1. The Labute approximate surface area is 144 Å². The van der Waals surface area contributed by atoms with Crippen molar-refractivity contribution in [2.75, 3.05) is 11.5 Å². The molecule has 1 aliphatic heterocycles. The number of ether oxygens (including phenoxy) is 1. The monoisotopic (exact) mass is 339 g/mol. The van der Waals surface area contributed by atoms with Crippen LogP contribution in [0.5, 0.6) is 5.75 Å². The number of imide groups is 2. The highest BCUT2D eigenvalue weighted by Crippen LogP contribution is 2.24. The highest BCUT2D eigenvalue weighted by Gasteiger charge is 2.36. The number of aromatic nitrogens is 1. The van der Waals surface area contributed by atoms with Crippen LogP contribution in [0, 0.1) is 0 Å². The van der Waals surface area contributed by atoms with Crippen LogP contribution in [0.3, 0.4) is 0 Å². The molecule has 25 heavy (non-hydrogen) atoms. The molecule has 1 aromatic carbocycles. The number of aryl methyl sites for hydroxylation is 1. The van der Waals surface area contributed by atoms with Crippen LogP contribution in [-0.2, 0) is 16.6 Å². The first-order valence-electron chi connectivity index (χ1n) is 7.77. The summed E-state index contributed by atoms with van der Waals surface area (Å²) in [6.45, 7) is 2.38. The third-order valence-electron chi connectivity index (χ3n) is 3.78. The second-order valence-corrected chi connectivity index (χ2v) is 5.43. The minimum absolute atomic E-state index is 0.102. The van der Waals surface area contributed by atoms with Gasteiger partial charge in [0.15, 0.2) is 0 Å². The Kier molecular flexibility index (Phi) is 4.38. The third kappa shape index (κ3) is 3.16. The van der Waals surface area contributed by atoms with Crippen molar-refractivity contribution in [1.82, 2.24) is 9.88 Å². The number of hydrogen-bond acceptors (Lipinski definition) is 4. The summed E-state index contributed by atoms with van der Waals surface area (Å²) in [7, 11) is 1.80. The average Bonchev–Trinajstić information content (AvgIpc) is 2.98. The van der Waals surface area contributed by atoms with Gasteiger partial charge in [-0.1, -0.05) is 0 Å². The summed E-state index contributed by atoms with van der Waals surface area (Å²) in [5, 5.41) is 2.20. The summed E-state index contributed by atoms with van der Waals surface area (Å²) in [6, 6.07) is 9.31. The van der Waals surface area contributed by atoms with Gasteiger partial charge in [-0.2, -0.15) is 0 Å². The zero-order valence-electron chi connectivity index (χ0n) is 13.9. The number of amides is 4.